The van der Waals surface area contributed by atoms with Crippen molar-refractivity contribution in [1.82, 2.24) is 9.47 Å². The molecule has 1 saturated heterocycles. The molecule has 0 atom stereocenters. The maximum Gasteiger partial charge on any atom is 0.343 e. The Labute approximate surface area is 228 Å². The van der Waals surface area contributed by atoms with Crippen LogP contribution in [-0.4, -0.2) is 48.3 Å². The van der Waals surface area contributed by atoms with E-state index in [-0.39, 0.29) is 36.7 Å². The molecule has 4 aromatic rings. The number of fused-ring (bicyclic) bond motifs is 1. The lowest BCUT2D eigenvalue weighted by Gasteiger charge is -2.26. The average molecular weight is 561 g/mol. The van der Waals surface area contributed by atoms with Crippen LogP contribution in [0.25, 0.3) is 20.7 Å². The van der Waals surface area contributed by atoms with Crippen LogP contribution in [0, 0.1) is 11.6 Å². The molecule has 2 aromatic heterocycles. The van der Waals surface area contributed by atoms with Crippen LogP contribution < -0.4 is 5.43 Å². The lowest BCUT2D eigenvalue weighted by Crippen LogP contribution is -2.36. The summed E-state index contributed by atoms with van der Waals surface area (Å²) in [5.74, 6) is -2.15. The number of halogens is 3. The molecule has 6 nitrogen and oxygen atoms in total. The van der Waals surface area contributed by atoms with Crippen molar-refractivity contribution in [2.75, 3.05) is 32.9 Å². The second kappa shape index (κ2) is 12.2. The molecule has 1 aliphatic rings. The number of hydrogen-bond donors (Lipinski definition) is 0. The zero-order valence-corrected chi connectivity index (χ0v) is 22.4. The number of carbonyl (C=O) groups excluding carboxylic acids is 1. The van der Waals surface area contributed by atoms with Gasteiger partial charge in [0.1, 0.15) is 22.0 Å². The van der Waals surface area contributed by atoms with E-state index in [1.165, 1.54) is 35.7 Å². The monoisotopic (exact) mass is 560 g/mol. The van der Waals surface area contributed by atoms with Crippen molar-refractivity contribution in [2.45, 2.75) is 20.0 Å². The van der Waals surface area contributed by atoms with E-state index in [9.17, 15) is 18.4 Å². The minimum Gasteiger partial charge on any atom is -0.462 e. The van der Waals surface area contributed by atoms with Gasteiger partial charge in [0, 0.05) is 36.3 Å². The highest BCUT2D eigenvalue weighted by Gasteiger charge is 2.26. The summed E-state index contributed by atoms with van der Waals surface area (Å²) in [6.07, 6.45) is 1.36. The lowest BCUT2D eigenvalue weighted by molar-refractivity contribution is 0.0344. The highest BCUT2D eigenvalue weighted by molar-refractivity contribution is 7.22. The molecular weight excluding hydrogens is 534 g/mol. The molecule has 0 radical (unpaired) electrons. The van der Waals surface area contributed by atoms with Crippen molar-refractivity contribution in [3.63, 3.8) is 0 Å². The summed E-state index contributed by atoms with van der Waals surface area (Å²) in [7, 11) is 0. The number of pyridine rings is 1. The average Bonchev–Trinajstić information content (AvgIpc) is 3.28. The minimum absolute atomic E-state index is 0. The van der Waals surface area contributed by atoms with Gasteiger partial charge in [-0.1, -0.05) is 36.4 Å². The van der Waals surface area contributed by atoms with Crippen molar-refractivity contribution in [2.24, 2.45) is 0 Å². The zero-order chi connectivity index (χ0) is 25.9. The van der Waals surface area contributed by atoms with Crippen LogP contribution in [0.15, 0.2) is 59.5 Å². The van der Waals surface area contributed by atoms with E-state index >= 15 is 0 Å². The van der Waals surface area contributed by atoms with Crippen molar-refractivity contribution in [1.29, 1.82) is 0 Å². The molecule has 0 spiro atoms. The Morgan fingerprint density at radius 2 is 1.68 bits per heavy atom. The third-order valence-corrected chi connectivity index (χ3v) is 7.73. The fraction of sp³-hybridized carbons (Fsp3) is 0.286. The van der Waals surface area contributed by atoms with Crippen molar-refractivity contribution < 1.29 is 23.0 Å². The first-order valence-corrected chi connectivity index (χ1v) is 12.9. The quantitative estimate of drug-likeness (QED) is 0.280. The Kier molecular flexibility index (Phi) is 8.94. The molecule has 0 N–H and O–H groups in total. The third-order valence-electron chi connectivity index (χ3n) is 6.41. The van der Waals surface area contributed by atoms with E-state index in [0.29, 0.717) is 43.1 Å². The lowest BCUT2D eigenvalue weighted by atomic mass is 10.0. The van der Waals surface area contributed by atoms with Gasteiger partial charge in [0.2, 0.25) is 5.43 Å². The predicted octanol–water partition coefficient (Wildman–Crippen LogP) is 5.49. The van der Waals surface area contributed by atoms with Gasteiger partial charge in [0.05, 0.1) is 31.8 Å². The summed E-state index contributed by atoms with van der Waals surface area (Å²) >= 11 is 1.38. The van der Waals surface area contributed by atoms with Crippen molar-refractivity contribution in [3.05, 3.63) is 93.3 Å². The maximum absolute atomic E-state index is 14.6. The van der Waals surface area contributed by atoms with Crippen LogP contribution in [0.2, 0.25) is 0 Å². The number of carbonyl (C=O) groups is 1. The van der Waals surface area contributed by atoms with E-state index < -0.39 is 23.0 Å². The summed E-state index contributed by atoms with van der Waals surface area (Å²) in [4.78, 5) is 30.2. The number of benzene rings is 2. The van der Waals surface area contributed by atoms with Gasteiger partial charge in [-0.25, -0.2) is 13.6 Å². The number of rotatable bonds is 7. The summed E-state index contributed by atoms with van der Waals surface area (Å²) in [6.45, 7) is 4.64. The SMILES string of the molecule is CCOC(=O)c1cn(Cc2c(F)cccc2F)c2sc(-c3ccccc3)c(CN3CCOCC3)c2c1=O.Cl. The zero-order valence-electron chi connectivity index (χ0n) is 20.7. The summed E-state index contributed by atoms with van der Waals surface area (Å²) in [5.41, 5.74) is 0.957. The molecule has 2 aromatic carbocycles. The number of aromatic nitrogens is 1. The molecule has 0 aliphatic carbocycles. The molecule has 3 heterocycles. The second-order valence-electron chi connectivity index (χ2n) is 8.76. The minimum atomic E-state index is -0.762. The molecule has 38 heavy (non-hydrogen) atoms. The van der Waals surface area contributed by atoms with Gasteiger partial charge in [-0.3, -0.25) is 9.69 Å². The van der Waals surface area contributed by atoms with Crippen molar-refractivity contribution in [3.8, 4) is 10.4 Å². The summed E-state index contributed by atoms with van der Waals surface area (Å²) in [5, 5.41) is 0.373. The Hall–Kier alpha value is -3.11. The normalized spacial score (nSPS) is 13.9. The highest BCUT2D eigenvalue weighted by Crippen LogP contribution is 2.39. The first-order valence-electron chi connectivity index (χ1n) is 12.1. The van der Waals surface area contributed by atoms with Gasteiger partial charge in [0.25, 0.3) is 0 Å². The number of esters is 1. The fourth-order valence-corrected chi connectivity index (χ4v) is 5.87. The van der Waals surface area contributed by atoms with Gasteiger partial charge in [-0.05, 0) is 30.2 Å². The first kappa shape index (κ1) is 27.9. The van der Waals surface area contributed by atoms with Gasteiger partial charge in [-0.15, -0.1) is 23.7 Å². The molecule has 200 valence electrons. The molecule has 0 saturated carbocycles. The Balaban J connectivity index is 0.00000336. The smallest absolute Gasteiger partial charge is 0.343 e. The van der Waals surface area contributed by atoms with Crippen LogP contribution in [0.1, 0.15) is 28.4 Å². The van der Waals surface area contributed by atoms with E-state index in [1.807, 2.05) is 30.3 Å². The standard InChI is InChI=1S/C28H26F2N2O4S.ClH/c1-2-36-28(34)21-17-32(16-19-22(29)9-6-10-23(19)30)27-24(25(21)33)20(15-31-11-13-35-14-12-31)26(37-27)18-7-4-3-5-8-18;/h3-10,17H,2,11-16H2,1H3;1H. The molecular formula is C28H27ClF2N2O4S. The van der Waals surface area contributed by atoms with Gasteiger partial charge >= 0.3 is 5.97 Å². The molecule has 10 heteroatoms. The van der Waals surface area contributed by atoms with Crippen LogP contribution in [0.5, 0.6) is 0 Å². The third kappa shape index (κ3) is 5.51. The van der Waals surface area contributed by atoms with E-state index in [0.717, 1.165) is 16.0 Å². The molecule has 0 amide bonds. The predicted molar refractivity (Wildman–Crippen MR) is 146 cm³/mol. The molecule has 5 rings (SSSR count). The number of morpholine rings is 1. The Bertz CT molecular complexity index is 1480. The van der Waals surface area contributed by atoms with E-state index in [4.69, 9.17) is 9.47 Å². The van der Waals surface area contributed by atoms with E-state index in [2.05, 4.69) is 4.90 Å². The number of ether oxygens (including phenoxy) is 2. The van der Waals surface area contributed by atoms with Crippen LogP contribution in [0.3, 0.4) is 0 Å². The molecule has 0 bridgehead atoms. The van der Waals surface area contributed by atoms with Crippen LogP contribution in [-0.2, 0) is 22.6 Å². The largest absolute Gasteiger partial charge is 0.462 e. The van der Waals surface area contributed by atoms with Crippen LogP contribution >= 0.6 is 23.7 Å². The molecule has 1 aliphatic heterocycles. The van der Waals surface area contributed by atoms with Gasteiger partial charge < -0.3 is 14.0 Å². The molecule has 1 fully saturated rings. The van der Waals surface area contributed by atoms with Gasteiger partial charge in [-0.2, -0.15) is 0 Å². The van der Waals surface area contributed by atoms with Gasteiger partial charge in [0.15, 0.2) is 0 Å². The fourth-order valence-electron chi connectivity index (χ4n) is 4.58. The van der Waals surface area contributed by atoms with Crippen molar-refractivity contribution >= 4 is 39.9 Å². The maximum atomic E-state index is 14.6. The summed E-state index contributed by atoms with van der Waals surface area (Å²) < 4.78 is 41.5. The van der Waals surface area contributed by atoms with Crippen LogP contribution in [0.4, 0.5) is 8.78 Å². The number of hydrogen-bond acceptors (Lipinski definition) is 6. The number of nitrogens with zero attached hydrogens (tertiary/aromatic N) is 2. The summed E-state index contributed by atoms with van der Waals surface area (Å²) in [6, 6.07) is 13.4. The van der Waals surface area contributed by atoms with E-state index in [1.54, 1.807) is 11.5 Å². The Morgan fingerprint density at radius 1 is 1.00 bits per heavy atom. The first-order chi connectivity index (χ1) is 18.0. The Morgan fingerprint density at radius 3 is 2.34 bits per heavy atom. The second-order valence-corrected chi connectivity index (χ2v) is 9.76. The molecule has 0 unspecified atom stereocenters. The highest BCUT2D eigenvalue weighted by atomic mass is 35.5. The number of thiophene rings is 1. The topological polar surface area (TPSA) is 60.8 Å².